The molecule has 0 saturated heterocycles. The fourth-order valence-corrected chi connectivity index (χ4v) is 1.38. The van der Waals surface area contributed by atoms with Gasteiger partial charge < -0.3 is 25.0 Å². The maximum Gasteiger partial charge on any atom is 0.321 e. The Bertz CT molecular complexity index is 362. The van der Waals surface area contributed by atoms with Crippen molar-refractivity contribution in [3.05, 3.63) is 0 Å². The van der Waals surface area contributed by atoms with Crippen LogP contribution in [-0.2, 0) is 23.9 Å². The summed E-state index contributed by atoms with van der Waals surface area (Å²) >= 11 is 0. The summed E-state index contributed by atoms with van der Waals surface area (Å²) in [4.78, 5) is 32.6. The van der Waals surface area contributed by atoms with Crippen LogP contribution in [-0.4, -0.2) is 59.5 Å². The van der Waals surface area contributed by atoms with Crippen molar-refractivity contribution in [3.8, 4) is 0 Å². The third-order valence-electron chi connectivity index (χ3n) is 2.18. The van der Waals surface area contributed by atoms with Gasteiger partial charge in [-0.1, -0.05) is 0 Å². The molecule has 0 aliphatic heterocycles. The van der Waals surface area contributed by atoms with Crippen LogP contribution in [0.25, 0.3) is 0 Å². The van der Waals surface area contributed by atoms with Gasteiger partial charge >= 0.3 is 17.9 Å². The Kier molecular flexibility index (Phi) is 8.56. The zero-order valence-electron chi connectivity index (χ0n) is 12.5. The molecule has 21 heavy (non-hydrogen) atoms. The van der Waals surface area contributed by atoms with Crippen LogP contribution in [0.2, 0.25) is 0 Å². The first-order chi connectivity index (χ1) is 9.61. The van der Waals surface area contributed by atoms with Crippen LogP contribution in [0.5, 0.6) is 0 Å². The van der Waals surface area contributed by atoms with E-state index in [1.807, 2.05) is 0 Å². The molecule has 0 aromatic heterocycles. The molecular formula is C13H23NO7. The Morgan fingerprint density at radius 2 is 1.76 bits per heavy atom. The number of carboxylic acid groups (broad SMARTS) is 2. The smallest absolute Gasteiger partial charge is 0.321 e. The number of carbonyl (C=O) groups excluding carboxylic acids is 1. The quantitative estimate of drug-likeness (QED) is 0.388. The number of aliphatic carboxylic acids is 2. The molecule has 1 unspecified atom stereocenters. The Balaban J connectivity index is 3.73. The molecule has 0 aliphatic carbocycles. The molecule has 0 saturated carbocycles. The van der Waals surface area contributed by atoms with Gasteiger partial charge in [-0.3, -0.25) is 14.4 Å². The summed E-state index contributed by atoms with van der Waals surface area (Å²) in [6.07, 6.45) is -0.401. The molecule has 0 aromatic rings. The van der Waals surface area contributed by atoms with Crippen molar-refractivity contribution in [1.82, 2.24) is 5.32 Å². The predicted molar refractivity (Wildman–Crippen MR) is 73.0 cm³/mol. The second-order valence-corrected chi connectivity index (χ2v) is 5.39. The zero-order valence-corrected chi connectivity index (χ0v) is 12.5. The molecule has 0 rings (SSSR count). The van der Waals surface area contributed by atoms with E-state index in [2.05, 4.69) is 5.32 Å². The molecule has 0 bridgehead atoms. The number of hydrogen-bond acceptors (Lipinski definition) is 6. The maximum absolute atomic E-state index is 11.3. The van der Waals surface area contributed by atoms with Crippen LogP contribution in [0.1, 0.15) is 33.6 Å². The molecule has 0 aromatic carbocycles. The van der Waals surface area contributed by atoms with E-state index >= 15 is 0 Å². The summed E-state index contributed by atoms with van der Waals surface area (Å²) in [6, 6.07) is -1.16. The van der Waals surface area contributed by atoms with Crippen molar-refractivity contribution in [2.45, 2.75) is 45.3 Å². The SMILES string of the molecule is CC(C)(C)OC(=O)CCOCCNC(CC(=O)O)C(=O)O. The van der Waals surface area contributed by atoms with Crippen LogP contribution in [0.15, 0.2) is 0 Å². The number of rotatable bonds is 10. The van der Waals surface area contributed by atoms with Crippen LogP contribution < -0.4 is 5.32 Å². The Morgan fingerprint density at radius 3 is 2.24 bits per heavy atom. The average molecular weight is 305 g/mol. The number of ether oxygens (including phenoxy) is 2. The molecule has 0 heterocycles. The van der Waals surface area contributed by atoms with E-state index in [9.17, 15) is 14.4 Å². The molecule has 0 radical (unpaired) electrons. The first-order valence-electron chi connectivity index (χ1n) is 6.59. The Morgan fingerprint density at radius 1 is 1.14 bits per heavy atom. The predicted octanol–water partition coefficient (Wildman–Crippen LogP) is 0.252. The number of carbonyl (C=O) groups is 3. The summed E-state index contributed by atoms with van der Waals surface area (Å²) in [7, 11) is 0. The number of esters is 1. The van der Waals surface area contributed by atoms with Gasteiger partial charge in [0.15, 0.2) is 0 Å². The van der Waals surface area contributed by atoms with Gasteiger partial charge in [0.2, 0.25) is 0 Å². The van der Waals surface area contributed by atoms with Crippen molar-refractivity contribution in [3.63, 3.8) is 0 Å². The van der Waals surface area contributed by atoms with E-state index in [1.54, 1.807) is 20.8 Å². The average Bonchev–Trinajstić information content (AvgIpc) is 2.28. The first-order valence-corrected chi connectivity index (χ1v) is 6.59. The first kappa shape index (κ1) is 19.3. The van der Waals surface area contributed by atoms with Crippen molar-refractivity contribution in [1.29, 1.82) is 0 Å². The summed E-state index contributed by atoms with van der Waals surface area (Å²) in [5, 5.41) is 19.9. The third kappa shape index (κ3) is 11.8. The molecule has 1 atom stereocenters. The summed E-state index contributed by atoms with van der Waals surface area (Å²) in [5.74, 6) is -2.79. The van der Waals surface area contributed by atoms with E-state index in [0.29, 0.717) is 0 Å². The highest BCUT2D eigenvalue weighted by Gasteiger charge is 2.20. The van der Waals surface area contributed by atoms with Crippen LogP contribution in [0, 0.1) is 0 Å². The van der Waals surface area contributed by atoms with Gasteiger partial charge in [0.05, 0.1) is 26.1 Å². The van der Waals surface area contributed by atoms with Crippen molar-refractivity contribution in [2.75, 3.05) is 19.8 Å². The Labute approximate surface area is 123 Å². The molecular weight excluding hydrogens is 282 g/mol. The van der Waals surface area contributed by atoms with Gasteiger partial charge in [0, 0.05) is 6.54 Å². The van der Waals surface area contributed by atoms with E-state index in [4.69, 9.17) is 19.7 Å². The van der Waals surface area contributed by atoms with E-state index < -0.39 is 30.0 Å². The number of nitrogens with one attached hydrogen (secondary N) is 1. The molecule has 8 heteroatoms. The lowest BCUT2D eigenvalue weighted by molar-refractivity contribution is -0.156. The van der Waals surface area contributed by atoms with Crippen LogP contribution in [0.3, 0.4) is 0 Å². The minimum atomic E-state index is -1.23. The fourth-order valence-electron chi connectivity index (χ4n) is 1.38. The molecule has 122 valence electrons. The Hall–Kier alpha value is -1.67. The molecule has 0 aliphatic rings. The van der Waals surface area contributed by atoms with Crippen molar-refractivity contribution in [2.24, 2.45) is 0 Å². The standard InChI is InChI=1S/C13H23NO7/c1-13(2,3)21-11(17)4-6-20-7-5-14-9(12(18)19)8-10(15)16/h9,14H,4-8H2,1-3H3,(H,15,16)(H,18,19). The van der Waals surface area contributed by atoms with E-state index in [-0.39, 0.29) is 32.1 Å². The number of carboxylic acids is 2. The van der Waals surface area contributed by atoms with Gasteiger partial charge in [-0.2, -0.15) is 0 Å². The van der Waals surface area contributed by atoms with Crippen molar-refractivity contribution >= 4 is 17.9 Å². The lowest BCUT2D eigenvalue weighted by atomic mass is 10.2. The zero-order chi connectivity index (χ0) is 16.5. The fraction of sp³-hybridized carbons (Fsp3) is 0.769. The molecule has 8 nitrogen and oxygen atoms in total. The van der Waals surface area contributed by atoms with E-state index in [1.165, 1.54) is 0 Å². The highest BCUT2D eigenvalue weighted by Crippen LogP contribution is 2.07. The highest BCUT2D eigenvalue weighted by atomic mass is 16.6. The minimum absolute atomic E-state index is 0.106. The van der Waals surface area contributed by atoms with Crippen LogP contribution in [0.4, 0.5) is 0 Å². The van der Waals surface area contributed by atoms with Gasteiger partial charge in [0.25, 0.3) is 0 Å². The topological polar surface area (TPSA) is 122 Å². The molecule has 0 amide bonds. The molecule has 3 N–H and O–H groups in total. The number of hydrogen-bond donors (Lipinski definition) is 3. The summed E-state index contributed by atoms with van der Waals surface area (Å²) in [5.41, 5.74) is -0.538. The minimum Gasteiger partial charge on any atom is -0.481 e. The second-order valence-electron chi connectivity index (χ2n) is 5.39. The second kappa shape index (κ2) is 9.30. The van der Waals surface area contributed by atoms with Crippen LogP contribution >= 0.6 is 0 Å². The highest BCUT2D eigenvalue weighted by molar-refractivity contribution is 5.80. The van der Waals surface area contributed by atoms with Gasteiger partial charge in [-0.25, -0.2) is 0 Å². The summed E-state index contributed by atoms with van der Waals surface area (Å²) in [6.45, 7) is 5.82. The van der Waals surface area contributed by atoms with Crippen molar-refractivity contribution < 1.29 is 34.1 Å². The van der Waals surface area contributed by atoms with Gasteiger partial charge in [-0.15, -0.1) is 0 Å². The van der Waals surface area contributed by atoms with Gasteiger partial charge in [0.1, 0.15) is 11.6 Å². The molecule has 0 fully saturated rings. The van der Waals surface area contributed by atoms with E-state index in [0.717, 1.165) is 0 Å². The monoisotopic (exact) mass is 305 g/mol. The lowest BCUT2D eigenvalue weighted by Crippen LogP contribution is -2.40. The largest absolute Gasteiger partial charge is 0.481 e. The normalized spacial score (nSPS) is 12.7. The van der Waals surface area contributed by atoms with Gasteiger partial charge in [-0.05, 0) is 20.8 Å². The third-order valence-corrected chi connectivity index (χ3v) is 2.18. The maximum atomic E-state index is 11.3. The lowest BCUT2D eigenvalue weighted by Gasteiger charge is -2.19. The summed E-state index contributed by atoms with van der Waals surface area (Å²) < 4.78 is 10.2. The molecule has 0 spiro atoms.